The number of para-hydroxylation sites is 1. The molecule has 0 aliphatic heterocycles. The minimum atomic E-state index is 0.00988. The monoisotopic (exact) mass is 316 g/mol. The van der Waals surface area contributed by atoms with Crippen LogP contribution in [0, 0.1) is 0 Å². The summed E-state index contributed by atoms with van der Waals surface area (Å²) >= 11 is 0. The van der Waals surface area contributed by atoms with Gasteiger partial charge < -0.3 is 9.53 Å². The van der Waals surface area contributed by atoms with Crippen LogP contribution >= 0.6 is 0 Å². The molecule has 3 aromatic carbocycles. The maximum absolute atomic E-state index is 11.2. The molecule has 0 saturated carbocycles. The summed E-state index contributed by atoms with van der Waals surface area (Å²) in [5.41, 5.74) is 3.30. The van der Waals surface area contributed by atoms with E-state index in [1.54, 1.807) is 0 Å². The van der Waals surface area contributed by atoms with Crippen LogP contribution in [0.2, 0.25) is 0 Å². The molecule has 0 heterocycles. The van der Waals surface area contributed by atoms with Gasteiger partial charge in [-0.3, -0.25) is 0 Å². The highest BCUT2D eigenvalue weighted by atomic mass is 16.5. The van der Waals surface area contributed by atoms with E-state index in [9.17, 15) is 4.79 Å². The van der Waals surface area contributed by atoms with Gasteiger partial charge in [-0.2, -0.15) is 0 Å². The van der Waals surface area contributed by atoms with Crippen molar-refractivity contribution in [2.24, 2.45) is 0 Å². The normalized spacial score (nSPS) is 11.7. The Hall–Kier alpha value is -2.87. The number of carbonyl (C=O) groups excluding carboxylic acids is 1. The van der Waals surface area contributed by atoms with Crippen molar-refractivity contribution in [2.75, 3.05) is 0 Å². The molecule has 3 rings (SSSR count). The second-order valence-electron chi connectivity index (χ2n) is 5.68. The highest BCUT2D eigenvalue weighted by Gasteiger charge is 2.17. The first-order valence-electron chi connectivity index (χ1n) is 8.12. The average molecular weight is 316 g/mol. The molecule has 2 heteroatoms. The van der Waals surface area contributed by atoms with Gasteiger partial charge in [0.1, 0.15) is 18.6 Å². The smallest absolute Gasteiger partial charge is 0.123 e. The van der Waals surface area contributed by atoms with Gasteiger partial charge >= 0.3 is 0 Å². The first kappa shape index (κ1) is 16.0. The molecule has 1 atom stereocenters. The van der Waals surface area contributed by atoms with E-state index in [0.29, 0.717) is 13.0 Å². The standard InChI is InChI=1S/C22H20O2/c23-16-15-20(19-11-5-2-6-12-19)21-13-7-8-14-22(21)24-17-18-9-3-1-4-10-18/h1-14,16,20H,15,17H2/t20-/m1/s1. The molecular weight excluding hydrogens is 296 g/mol. The van der Waals surface area contributed by atoms with E-state index in [1.165, 1.54) is 0 Å². The van der Waals surface area contributed by atoms with Crippen LogP contribution in [0.15, 0.2) is 84.9 Å². The summed E-state index contributed by atoms with van der Waals surface area (Å²) in [7, 11) is 0. The first-order valence-corrected chi connectivity index (χ1v) is 8.12. The van der Waals surface area contributed by atoms with Crippen molar-refractivity contribution in [3.63, 3.8) is 0 Å². The van der Waals surface area contributed by atoms with Crippen LogP contribution in [0.3, 0.4) is 0 Å². The molecule has 120 valence electrons. The number of carbonyl (C=O) groups is 1. The molecule has 0 aromatic heterocycles. The number of hydrogen-bond donors (Lipinski definition) is 0. The van der Waals surface area contributed by atoms with Crippen LogP contribution in [0.4, 0.5) is 0 Å². The van der Waals surface area contributed by atoms with Crippen molar-refractivity contribution in [1.29, 1.82) is 0 Å². The third-order valence-electron chi connectivity index (χ3n) is 4.07. The van der Waals surface area contributed by atoms with Gasteiger partial charge in [0.25, 0.3) is 0 Å². The van der Waals surface area contributed by atoms with Crippen LogP contribution in [-0.2, 0) is 11.4 Å². The highest BCUT2D eigenvalue weighted by molar-refractivity contribution is 5.55. The topological polar surface area (TPSA) is 26.3 Å². The molecular formula is C22H20O2. The first-order chi connectivity index (χ1) is 11.9. The van der Waals surface area contributed by atoms with Crippen molar-refractivity contribution in [3.8, 4) is 5.75 Å². The summed E-state index contributed by atoms with van der Waals surface area (Å²) in [6, 6.07) is 28.2. The summed E-state index contributed by atoms with van der Waals surface area (Å²) < 4.78 is 6.06. The minimum absolute atomic E-state index is 0.00988. The number of hydrogen-bond acceptors (Lipinski definition) is 2. The Morgan fingerprint density at radius 3 is 2.12 bits per heavy atom. The SMILES string of the molecule is O=CC[C@H](c1ccccc1)c1ccccc1OCc1ccccc1. The predicted molar refractivity (Wildman–Crippen MR) is 96.2 cm³/mol. The van der Waals surface area contributed by atoms with Crippen LogP contribution < -0.4 is 4.74 Å². The lowest BCUT2D eigenvalue weighted by atomic mass is 9.88. The average Bonchev–Trinajstić information content (AvgIpc) is 2.66. The Balaban J connectivity index is 1.87. The van der Waals surface area contributed by atoms with Crippen LogP contribution in [0.25, 0.3) is 0 Å². The van der Waals surface area contributed by atoms with E-state index < -0.39 is 0 Å². The molecule has 2 nitrogen and oxygen atoms in total. The van der Waals surface area contributed by atoms with E-state index >= 15 is 0 Å². The quantitative estimate of drug-likeness (QED) is 0.574. The Kier molecular flexibility index (Phi) is 5.41. The van der Waals surface area contributed by atoms with Crippen molar-refractivity contribution >= 4 is 6.29 Å². The third kappa shape index (κ3) is 3.90. The zero-order valence-electron chi connectivity index (χ0n) is 13.5. The van der Waals surface area contributed by atoms with Crippen molar-refractivity contribution in [3.05, 3.63) is 102 Å². The zero-order valence-corrected chi connectivity index (χ0v) is 13.5. The Bertz CT molecular complexity index is 766. The lowest BCUT2D eigenvalue weighted by Gasteiger charge is -2.19. The molecule has 0 N–H and O–H groups in total. The molecule has 0 bridgehead atoms. The maximum atomic E-state index is 11.2. The molecule has 0 radical (unpaired) electrons. The largest absolute Gasteiger partial charge is 0.489 e. The fourth-order valence-electron chi connectivity index (χ4n) is 2.86. The molecule has 0 aliphatic rings. The Morgan fingerprint density at radius 2 is 1.42 bits per heavy atom. The van der Waals surface area contributed by atoms with Crippen molar-refractivity contribution < 1.29 is 9.53 Å². The van der Waals surface area contributed by atoms with E-state index in [0.717, 1.165) is 28.7 Å². The molecule has 0 unspecified atom stereocenters. The molecule has 0 spiro atoms. The Morgan fingerprint density at radius 1 is 0.792 bits per heavy atom. The number of aldehydes is 1. The van der Waals surface area contributed by atoms with Gasteiger partial charge in [-0.05, 0) is 17.2 Å². The Labute approximate surface area is 142 Å². The molecule has 0 saturated heterocycles. The van der Waals surface area contributed by atoms with Crippen LogP contribution in [0.5, 0.6) is 5.75 Å². The summed E-state index contributed by atoms with van der Waals surface area (Å²) in [5, 5.41) is 0. The summed E-state index contributed by atoms with van der Waals surface area (Å²) in [4.78, 5) is 11.2. The van der Waals surface area contributed by atoms with E-state index in [-0.39, 0.29) is 5.92 Å². The molecule has 0 fully saturated rings. The van der Waals surface area contributed by atoms with Crippen molar-refractivity contribution in [2.45, 2.75) is 18.9 Å². The molecule has 3 aromatic rings. The zero-order chi connectivity index (χ0) is 16.6. The summed E-state index contributed by atoms with van der Waals surface area (Å²) in [6.45, 7) is 0.514. The highest BCUT2D eigenvalue weighted by Crippen LogP contribution is 2.34. The lowest BCUT2D eigenvalue weighted by Crippen LogP contribution is -2.06. The lowest BCUT2D eigenvalue weighted by molar-refractivity contribution is -0.108. The number of benzene rings is 3. The van der Waals surface area contributed by atoms with Gasteiger partial charge in [0.05, 0.1) is 0 Å². The van der Waals surface area contributed by atoms with E-state index in [2.05, 4.69) is 12.1 Å². The van der Waals surface area contributed by atoms with Gasteiger partial charge in [0, 0.05) is 17.9 Å². The van der Waals surface area contributed by atoms with Crippen LogP contribution in [0.1, 0.15) is 29.0 Å². The van der Waals surface area contributed by atoms with Crippen LogP contribution in [-0.4, -0.2) is 6.29 Å². The van der Waals surface area contributed by atoms with Gasteiger partial charge in [0.2, 0.25) is 0 Å². The maximum Gasteiger partial charge on any atom is 0.123 e. The summed E-state index contributed by atoms with van der Waals surface area (Å²) in [5.74, 6) is 0.840. The minimum Gasteiger partial charge on any atom is -0.489 e. The fourth-order valence-corrected chi connectivity index (χ4v) is 2.86. The number of ether oxygens (including phenoxy) is 1. The van der Waals surface area contributed by atoms with Gasteiger partial charge in [0.15, 0.2) is 0 Å². The van der Waals surface area contributed by atoms with E-state index in [4.69, 9.17) is 4.74 Å². The summed E-state index contributed by atoms with van der Waals surface area (Å²) in [6.07, 6.45) is 1.42. The molecule has 24 heavy (non-hydrogen) atoms. The van der Waals surface area contributed by atoms with Gasteiger partial charge in [-0.1, -0.05) is 78.9 Å². The number of rotatable bonds is 7. The van der Waals surface area contributed by atoms with Crippen molar-refractivity contribution in [1.82, 2.24) is 0 Å². The molecule has 0 amide bonds. The molecule has 0 aliphatic carbocycles. The second kappa shape index (κ2) is 8.11. The van der Waals surface area contributed by atoms with Gasteiger partial charge in [-0.25, -0.2) is 0 Å². The van der Waals surface area contributed by atoms with E-state index in [1.807, 2.05) is 72.8 Å². The van der Waals surface area contributed by atoms with Gasteiger partial charge in [-0.15, -0.1) is 0 Å². The third-order valence-corrected chi connectivity index (χ3v) is 4.07. The predicted octanol–water partition coefficient (Wildman–Crippen LogP) is 4.99. The fraction of sp³-hybridized carbons (Fsp3) is 0.136. The second-order valence-corrected chi connectivity index (χ2v) is 5.68.